The van der Waals surface area contributed by atoms with Crippen molar-refractivity contribution in [1.29, 1.82) is 0 Å². The summed E-state index contributed by atoms with van der Waals surface area (Å²) in [6, 6.07) is 10.9. The molecule has 96 valence electrons. The molecule has 0 aliphatic carbocycles. The Labute approximate surface area is 108 Å². The molecular weight excluding hydrogens is 224 g/mol. The van der Waals surface area contributed by atoms with Crippen molar-refractivity contribution in [2.75, 3.05) is 0 Å². The molecule has 1 aromatic heterocycles. The number of hydrogen-bond acceptors (Lipinski definition) is 3. The average Bonchev–Trinajstić information content (AvgIpc) is 2.83. The van der Waals surface area contributed by atoms with Gasteiger partial charge < -0.3 is 5.32 Å². The first-order chi connectivity index (χ1) is 8.74. The van der Waals surface area contributed by atoms with Crippen molar-refractivity contribution in [2.45, 2.75) is 39.4 Å². The van der Waals surface area contributed by atoms with Gasteiger partial charge in [0.2, 0.25) is 0 Å². The highest BCUT2D eigenvalue weighted by molar-refractivity contribution is 5.14. The summed E-state index contributed by atoms with van der Waals surface area (Å²) in [5, 5.41) is 11.6. The fourth-order valence-corrected chi connectivity index (χ4v) is 1.73. The molecule has 18 heavy (non-hydrogen) atoms. The maximum atomic E-state index is 4.15. The number of rotatable bonds is 6. The molecule has 0 aliphatic heterocycles. The summed E-state index contributed by atoms with van der Waals surface area (Å²) in [6.07, 6.45) is 3.00. The highest BCUT2D eigenvalue weighted by atomic mass is 15.4. The Balaban J connectivity index is 1.83. The fraction of sp³-hybridized carbons (Fsp3) is 0.429. The summed E-state index contributed by atoms with van der Waals surface area (Å²) in [6.45, 7) is 5.90. The van der Waals surface area contributed by atoms with Crippen LogP contribution in [0.3, 0.4) is 0 Å². The third kappa shape index (κ3) is 3.96. The number of aryl methyl sites for hydroxylation is 2. The Morgan fingerprint density at radius 2 is 2.00 bits per heavy atom. The van der Waals surface area contributed by atoms with Crippen molar-refractivity contribution < 1.29 is 0 Å². The molecule has 0 saturated carbocycles. The van der Waals surface area contributed by atoms with Crippen LogP contribution in [-0.2, 0) is 19.5 Å². The van der Waals surface area contributed by atoms with Crippen LogP contribution < -0.4 is 5.32 Å². The maximum absolute atomic E-state index is 4.15. The molecule has 0 aliphatic rings. The first kappa shape index (κ1) is 12.8. The minimum atomic E-state index is 0.472. The normalized spacial score (nSPS) is 11.1. The van der Waals surface area contributed by atoms with Crippen LogP contribution in [0, 0.1) is 0 Å². The van der Waals surface area contributed by atoms with Crippen LogP contribution in [0.4, 0.5) is 0 Å². The molecule has 1 aromatic carbocycles. The summed E-state index contributed by atoms with van der Waals surface area (Å²) in [7, 11) is 0. The number of nitrogens with zero attached hydrogens (tertiary/aromatic N) is 3. The van der Waals surface area contributed by atoms with Gasteiger partial charge in [0.25, 0.3) is 0 Å². The maximum Gasteiger partial charge on any atom is 0.0964 e. The van der Waals surface area contributed by atoms with Gasteiger partial charge in [0.05, 0.1) is 5.69 Å². The van der Waals surface area contributed by atoms with Crippen molar-refractivity contribution in [3.05, 3.63) is 47.8 Å². The van der Waals surface area contributed by atoms with Crippen molar-refractivity contribution >= 4 is 0 Å². The van der Waals surface area contributed by atoms with E-state index in [0.29, 0.717) is 6.04 Å². The Hall–Kier alpha value is -1.68. The predicted molar refractivity (Wildman–Crippen MR) is 72.1 cm³/mol. The highest BCUT2D eigenvalue weighted by Crippen LogP contribution is 2.02. The van der Waals surface area contributed by atoms with Gasteiger partial charge in [-0.3, -0.25) is 4.68 Å². The van der Waals surface area contributed by atoms with Gasteiger partial charge in [0.1, 0.15) is 0 Å². The van der Waals surface area contributed by atoms with Crippen molar-refractivity contribution in [3.63, 3.8) is 0 Å². The lowest BCUT2D eigenvalue weighted by molar-refractivity contribution is 0.579. The van der Waals surface area contributed by atoms with Gasteiger partial charge in [-0.05, 0) is 12.0 Å². The van der Waals surface area contributed by atoms with E-state index in [9.17, 15) is 0 Å². The molecule has 2 rings (SSSR count). The largest absolute Gasteiger partial charge is 0.309 e. The topological polar surface area (TPSA) is 42.7 Å². The molecule has 1 heterocycles. The number of hydrogen-bond donors (Lipinski definition) is 1. The zero-order valence-electron chi connectivity index (χ0n) is 11.0. The summed E-state index contributed by atoms with van der Waals surface area (Å²) < 4.78 is 1.91. The summed E-state index contributed by atoms with van der Waals surface area (Å²) in [4.78, 5) is 0. The second kappa shape index (κ2) is 6.31. The molecular formula is C14H20N4. The quantitative estimate of drug-likeness (QED) is 0.845. The molecule has 0 spiro atoms. The Morgan fingerprint density at radius 1 is 1.22 bits per heavy atom. The van der Waals surface area contributed by atoms with E-state index in [1.54, 1.807) is 0 Å². The minimum absolute atomic E-state index is 0.472. The summed E-state index contributed by atoms with van der Waals surface area (Å²) in [5.41, 5.74) is 2.33. The zero-order valence-corrected chi connectivity index (χ0v) is 11.0. The molecule has 4 nitrogen and oxygen atoms in total. The van der Waals surface area contributed by atoms with Crippen LogP contribution in [0.1, 0.15) is 25.1 Å². The smallest absolute Gasteiger partial charge is 0.0964 e. The van der Waals surface area contributed by atoms with Gasteiger partial charge in [-0.1, -0.05) is 49.4 Å². The summed E-state index contributed by atoms with van der Waals surface area (Å²) in [5.74, 6) is 0. The fourth-order valence-electron chi connectivity index (χ4n) is 1.73. The van der Waals surface area contributed by atoms with E-state index in [4.69, 9.17) is 0 Å². The van der Waals surface area contributed by atoms with Crippen molar-refractivity contribution in [2.24, 2.45) is 0 Å². The van der Waals surface area contributed by atoms with Crippen LogP contribution >= 0.6 is 0 Å². The molecule has 4 heteroatoms. The van der Waals surface area contributed by atoms with E-state index in [2.05, 4.69) is 53.7 Å². The number of aromatic nitrogens is 3. The lowest BCUT2D eigenvalue weighted by atomic mass is 10.1. The Kier molecular flexibility index (Phi) is 4.47. The van der Waals surface area contributed by atoms with Crippen LogP contribution in [0.15, 0.2) is 36.5 Å². The van der Waals surface area contributed by atoms with Crippen LogP contribution in [0.2, 0.25) is 0 Å². The molecule has 0 bridgehead atoms. The first-order valence-electron chi connectivity index (χ1n) is 6.40. The van der Waals surface area contributed by atoms with E-state index in [0.717, 1.165) is 25.2 Å². The lowest BCUT2D eigenvalue weighted by Crippen LogP contribution is -2.21. The lowest BCUT2D eigenvalue weighted by Gasteiger charge is -2.04. The van der Waals surface area contributed by atoms with E-state index in [1.165, 1.54) is 5.56 Å². The molecule has 0 radical (unpaired) electrons. The van der Waals surface area contributed by atoms with Crippen LogP contribution in [0.25, 0.3) is 0 Å². The van der Waals surface area contributed by atoms with E-state index in [-0.39, 0.29) is 0 Å². The van der Waals surface area contributed by atoms with E-state index >= 15 is 0 Å². The Morgan fingerprint density at radius 3 is 2.72 bits per heavy atom. The van der Waals surface area contributed by atoms with Gasteiger partial charge in [0.15, 0.2) is 0 Å². The SMILES string of the molecule is CC(C)NCc1cn(CCc2ccccc2)nn1. The molecule has 1 N–H and O–H groups in total. The van der Waals surface area contributed by atoms with Gasteiger partial charge in [0, 0.05) is 25.3 Å². The monoisotopic (exact) mass is 244 g/mol. The van der Waals surface area contributed by atoms with Crippen LogP contribution in [-0.4, -0.2) is 21.0 Å². The first-order valence-corrected chi connectivity index (χ1v) is 6.40. The molecule has 0 amide bonds. The van der Waals surface area contributed by atoms with Crippen molar-refractivity contribution in [1.82, 2.24) is 20.3 Å². The summed E-state index contributed by atoms with van der Waals surface area (Å²) >= 11 is 0. The van der Waals surface area contributed by atoms with Crippen LogP contribution in [0.5, 0.6) is 0 Å². The molecule has 0 saturated heterocycles. The second-order valence-corrected chi connectivity index (χ2v) is 4.74. The number of nitrogens with one attached hydrogen (secondary N) is 1. The molecule has 2 aromatic rings. The minimum Gasteiger partial charge on any atom is -0.309 e. The molecule has 0 atom stereocenters. The third-order valence-corrected chi connectivity index (χ3v) is 2.75. The third-order valence-electron chi connectivity index (χ3n) is 2.75. The van der Waals surface area contributed by atoms with Crippen molar-refractivity contribution in [3.8, 4) is 0 Å². The van der Waals surface area contributed by atoms with Gasteiger partial charge in [-0.25, -0.2) is 0 Å². The second-order valence-electron chi connectivity index (χ2n) is 4.74. The predicted octanol–water partition coefficient (Wildman–Crippen LogP) is 2.02. The molecule has 0 fully saturated rings. The zero-order chi connectivity index (χ0) is 12.8. The van der Waals surface area contributed by atoms with Gasteiger partial charge in [-0.15, -0.1) is 5.10 Å². The average molecular weight is 244 g/mol. The van der Waals surface area contributed by atoms with Gasteiger partial charge >= 0.3 is 0 Å². The Bertz CT molecular complexity index is 462. The number of benzene rings is 1. The highest BCUT2D eigenvalue weighted by Gasteiger charge is 2.01. The standard InChI is InChI=1S/C14H20N4/c1-12(2)15-10-14-11-18(17-16-14)9-8-13-6-4-3-5-7-13/h3-7,11-12,15H,8-10H2,1-2H3. The van der Waals surface area contributed by atoms with Gasteiger partial charge in [-0.2, -0.15) is 0 Å². The van der Waals surface area contributed by atoms with E-state index < -0.39 is 0 Å². The van der Waals surface area contributed by atoms with E-state index in [1.807, 2.05) is 16.9 Å². The molecule has 0 unspecified atom stereocenters.